The molecular formula is C21H17FN4O3S. The van der Waals surface area contributed by atoms with E-state index in [4.69, 9.17) is 0 Å². The monoisotopic (exact) mass is 424 g/mol. The molecule has 0 saturated carbocycles. The molecule has 1 aromatic heterocycles. The van der Waals surface area contributed by atoms with Crippen molar-refractivity contribution in [1.82, 2.24) is 15.3 Å². The third-order valence-electron chi connectivity index (χ3n) is 4.38. The Morgan fingerprint density at radius 1 is 1.00 bits per heavy atom. The van der Waals surface area contributed by atoms with Gasteiger partial charge in [0, 0.05) is 5.56 Å². The van der Waals surface area contributed by atoms with Crippen molar-refractivity contribution in [2.24, 2.45) is 0 Å². The molecule has 0 fully saturated rings. The van der Waals surface area contributed by atoms with Crippen molar-refractivity contribution in [1.29, 1.82) is 0 Å². The first-order chi connectivity index (χ1) is 14.4. The quantitative estimate of drug-likeness (QED) is 0.441. The zero-order valence-corrected chi connectivity index (χ0v) is 16.4. The fourth-order valence-corrected chi connectivity index (χ4v) is 4.02. The van der Waals surface area contributed by atoms with E-state index >= 15 is 0 Å². The van der Waals surface area contributed by atoms with Crippen LogP contribution in [0.2, 0.25) is 0 Å². The highest BCUT2D eigenvalue weighted by Gasteiger charge is 2.18. The third-order valence-corrected chi connectivity index (χ3v) is 5.74. The number of imidazole rings is 1. The number of nitrogens with one attached hydrogen (secondary N) is 3. The van der Waals surface area contributed by atoms with Gasteiger partial charge in [-0.25, -0.2) is 17.8 Å². The Hall–Kier alpha value is -3.72. The van der Waals surface area contributed by atoms with E-state index in [-0.39, 0.29) is 22.7 Å². The molecule has 30 heavy (non-hydrogen) atoms. The van der Waals surface area contributed by atoms with E-state index in [1.807, 2.05) is 24.3 Å². The summed E-state index contributed by atoms with van der Waals surface area (Å²) >= 11 is 0. The molecule has 9 heteroatoms. The Kier molecular flexibility index (Phi) is 5.20. The Morgan fingerprint density at radius 2 is 1.77 bits per heavy atom. The standard InChI is InChI=1S/C21H17FN4O3S/c22-16-8-1-2-9-17(16)26-30(28,29)15-7-5-6-14(12-15)21(27)23-13-20-24-18-10-3-4-11-19(18)25-20/h1-12,26H,13H2,(H,23,27)(H,24,25). The largest absolute Gasteiger partial charge is 0.345 e. The number of fused-ring (bicyclic) bond motifs is 1. The molecule has 152 valence electrons. The number of H-pyrrole nitrogens is 1. The average Bonchev–Trinajstić information content (AvgIpc) is 3.17. The first-order valence-corrected chi connectivity index (χ1v) is 10.5. The topological polar surface area (TPSA) is 104 Å². The lowest BCUT2D eigenvalue weighted by Crippen LogP contribution is -2.24. The fraction of sp³-hybridized carbons (Fsp3) is 0.0476. The summed E-state index contributed by atoms with van der Waals surface area (Å²) in [4.78, 5) is 19.8. The maximum Gasteiger partial charge on any atom is 0.262 e. The maximum absolute atomic E-state index is 13.8. The van der Waals surface area contributed by atoms with Gasteiger partial charge in [-0.15, -0.1) is 0 Å². The number of aromatic amines is 1. The van der Waals surface area contributed by atoms with Crippen molar-refractivity contribution < 1.29 is 17.6 Å². The number of halogens is 1. The molecule has 1 amide bonds. The molecule has 0 unspecified atom stereocenters. The molecule has 0 atom stereocenters. The van der Waals surface area contributed by atoms with Gasteiger partial charge in [-0.2, -0.15) is 0 Å². The van der Waals surface area contributed by atoms with Crippen LogP contribution >= 0.6 is 0 Å². The molecule has 0 aliphatic heterocycles. The van der Waals surface area contributed by atoms with Crippen LogP contribution in [-0.4, -0.2) is 24.3 Å². The normalized spacial score (nSPS) is 11.4. The Balaban J connectivity index is 1.49. The van der Waals surface area contributed by atoms with E-state index in [1.165, 1.54) is 42.5 Å². The van der Waals surface area contributed by atoms with Crippen LogP contribution in [0, 0.1) is 5.82 Å². The summed E-state index contributed by atoms with van der Waals surface area (Å²) in [5.41, 5.74) is 1.63. The van der Waals surface area contributed by atoms with Crippen LogP contribution in [0.15, 0.2) is 77.7 Å². The first kappa shape index (κ1) is 19.6. The van der Waals surface area contributed by atoms with Crippen LogP contribution in [0.4, 0.5) is 10.1 Å². The number of nitrogens with zero attached hydrogens (tertiary/aromatic N) is 1. The summed E-state index contributed by atoms with van der Waals surface area (Å²) in [5.74, 6) is -0.575. The van der Waals surface area contributed by atoms with E-state index in [0.29, 0.717) is 5.82 Å². The predicted molar refractivity (Wildman–Crippen MR) is 111 cm³/mol. The number of carbonyl (C=O) groups is 1. The van der Waals surface area contributed by atoms with E-state index in [9.17, 15) is 17.6 Å². The van der Waals surface area contributed by atoms with Gasteiger partial charge in [-0.3, -0.25) is 9.52 Å². The SMILES string of the molecule is O=C(NCc1nc2ccccc2[nH]1)c1cccc(S(=O)(=O)Nc2ccccc2F)c1. The van der Waals surface area contributed by atoms with Gasteiger partial charge in [-0.1, -0.05) is 30.3 Å². The van der Waals surface area contributed by atoms with E-state index in [1.54, 1.807) is 0 Å². The van der Waals surface area contributed by atoms with Crippen LogP contribution in [0.25, 0.3) is 11.0 Å². The molecular weight excluding hydrogens is 407 g/mol. The number of hydrogen-bond acceptors (Lipinski definition) is 4. The molecule has 0 radical (unpaired) electrons. The van der Waals surface area contributed by atoms with Gasteiger partial charge in [0.15, 0.2) is 0 Å². The van der Waals surface area contributed by atoms with Crippen LogP contribution in [0.1, 0.15) is 16.2 Å². The minimum absolute atomic E-state index is 0.151. The lowest BCUT2D eigenvalue weighted by molar-refractivity contribution is 0.0949. The lowest BCUT2D eigenvalue weighted by Gasteiger charge is -2.10. The smallest absolute Gasteiger partial charge is 0.262 e. The van der Waals surface area contributed by atoms with Gasteiger partial charge >= 0.3 is 0 Å². The third kappa shape index (κ3) is 4.15. The summed E-state index contributed by atoms with van der Waals surface area (Å²) < 4.78 is 41.1. The molecule has 0 saturated heterocycles. The summed E-state index contributed by atoms with van der Waals surface area (Å²) in [6.07, 6.45) is 0. The fourth-order valence-electron chi connectivity index (χ4n) is 2.91. The molecule has 1 heterocycles. The maximum atomic E-state index is 13.8. The Morgan fingerprint density at radius 3 is 2.57 bits per heavy atom. The van der Waals surface area contributed by atoms with Crippen molar-refractivity contribution in [2.45, 2.75) is 11.4 Å². The highest BCUT2D eigenvalue weighted by atomic mass is 32.2. The highest BCUT2D eigenvalue weighted by Crippen LogP contribution is 2.19. The molecule has 7 nitrogen and oxygen atoms in total. The molecule has 4 rings (SSSR count). The number of sulfonamides is 1. The molecule has 0 spiro atoms. The van der Waals surface area contributed by atoms with Crippen molar-refractivity contribution in [3.63, 3.8) is 0 Å². The number of benzene rings is 3. The number of hydrogen-bond donors (Lipinski definition) is 3. The first-order valence-electron chi connectivity index (χ1n) is 9.02. The van der Waals surface area contributed by atoms with Crippen LogP contribution in [-0.2, 0) is 16.6 Å². The summed E-state index contributed by atoms with van der Waals surface area (Å²) in [5, 5.41) is 2.71. The number of amides is 1. The molecule has 4 aromatic rings. The zero-order chi connectivity index (χ0) is 21.1. The zero-order valence-electron chi connectivity index (χ0n) is 15.6. The highest BCUT2D eigenvalue weighted by molar-refractivity contribution is 7.92. The number of aromatic nitrogens is 2. The molecule has 0 aliphatic rings. The number of rotatable bonds is 6. The van der Waals surface area contributed by atoms with E-state index in [0.717, 1.165) is 17.1 Å². The number of carbonyl (C=O) groups excluding carboxylic acids is 1. The molecule has 3 N–H and O–H groups in total. The molecule has 0 bridgehead atoms. The summed E-state index contributed by atoms with van der Waals surface area (Å²) in [6, 6.07) is 18.4. The van der Waals surface area contributed by atoms with Crippen molar-refractivity contribution >= 4 is 32.7 Å². The number of anilines is 1. The number of para-hydroxylation sites is 3. The average molecular weight is 424 g/mol. The van der Waals surface area contributed by atoms with Crippen molar-refractivity contribution in [3.05, 3.63) is 90.0 Å². The minimum Gasteiger partial charge on any atom is -0.345 e. The van der Waals surface area contributed by atoms with Crippen molar-refractivity contribution in [3.8, 4) is 0 Å². The van der Waals surface area contributed by atoms with Gasteiger partial charge in [0.05, 0.1) is 28.2 Å². The molecule has 3 aromatic carbocycles. The van der Waals surface area contributed by atoms with Crippen LogP contribution in [0.3, 0.4) is 0 Å². The summed E-state index contributed by atoms with van der Waals surface area (Å²) in [6.45, 7) is 0.151. The van der Waals surface area contributed by atoms with Crippen molar-refractivity contribution in [2.75, 3.05) is 4.72 Å². The van der Waals surface area contributed by atoms with Gasteiger partial charge in [0.2, 0.25) is 0 Å². The van der Waals surface area contributed by atoms with Gasteiger partial charge < -0.3 is 10.3 Å². The minimum atomic E-state index is -4.06. The second-order valence-electron chi connectivity index (χ2n) is 6.50. The lowest BCUT2D eigenvalue weighted by atomic mass is 10.2. The Bertz CT molecular complexity index is 1300. The van der Waals surface area contributed by atoms with Crippen LogP contribution < -0.4 is 10.0 Å². The van der Waals surface area contributed by atoms with Crippen LogP contribution in [0.5, 0.6) is 0 Å². The van der Waals surface area contributed by atoms with Gasteiger partial charge in [0.25, 0.3) is 15.9 Å². The van der Waals surface area contributed by atoms with Gasteiger partial charge in [0.1, 0.15) is 11.6 Å². The predicted octanol–water partition coefficient (Wildman–Crippen LogP) is 3.43. The second-order valence-corrected chi connectivity index (χ2v) is 8.18. The van der Waals surface area contributed by atoms with Gasteiger partial charge in [-0.05, 0) is 42.5 Å². The molecule has 0 aliphatic carbocycles. The Labute approximate surface area is 172 Å². The second kappa shape index (κ2) is 7.96. The summed E-state index contributed by atoms with van der Waals surface area (Å²) in [7, 11) is -4.06. The van der Waals surface area contributed by atoms with E-state index in [2.05, 4.69) is 20.0 Å². The van der Waals surface area contributed by atoms with E-state index < -0.39 is 21.7 Å².